The lowest BCUT2D eigenvalue weighted by atomic mass is 9.79. The largest absolute Gasteiger partial charge is 0.308 e. The van der Waals surface area contributed by atoms with Gasteiger partial charge in [0.15, 0.2) is 0 Å². The van der Waals surface area contributed by atoms with Crippen LogP contribution in [0.25, 0.3) is 0 Å². The van der Waals surface area contributed by atoms with Gasteiger partial charge in [0.05, 0.1) is 11.7 Å². The second kappa shape index (κ2) is 3.81. The van der Waals surface area contributed by atoms with Gasteiger partial charge in [0.2, 0.25) is 0 Å². The Hall–Kier alpha value is -0.410. The summed E-state index contributed by atoms with van der Waals surface area (Å²) in [5.41, 5.74) is 1.70. The fourth-order valence-electron chi connectivity index (χ4n) is 2.92. The average Bonchev–Trinajstić information content (AvgIpc) is 2.84. The fraction of sp³-hybridized carbons (Fsp3) is 0.769. The molecule has 0 aromatic carbocycles. The summed E-state index contributed by atoms with van der Waals surface area (Å²) in [5, 5.41) is 4.90. The number of nitrogens with zero attached hydrogens (tertiary/aromatic N) is 1. The van der Waals surface area contributed by atoms with Gasteiger partial charge in [-0.05, 0) is 38.6 Å². The van der Waals surface area contributed by atoms with Crippen molar-refractivity contribution in [3.63, 3.8) is 0 Å². The third kappa shape index (κ3) is 1.70. The number of fused-ring (bicyclic) bond motifs is 1. The van der Waals surface area contributed by atoms with Crippen LogP contribution in [0.5, 0.6) is 0 Å². The number of nitrogens with one attached hydrogen (secondary N) is 1. The molecule has 1 unspecified atom stereocenters. The molecule has 2 nitrogen and oxygen atoms in total. The standard InChI is InChI=1S/C13H20N2S/c1-13(2)7-3-6-10-11(13)15-12(16-10)9-5-4-8-14-9/h9,14H,3-8H2,1-2H3. The molecule has 1 aliphatic heterocycles. The molecule has 0 radical (unpaired) electrons. The van der Waals surface area contributed by atoms with E-state index in [1.165, 1.54) is 42.8 Å². The minimum Gasteiger partial charge on any atom is -0.308 e. The highest BCUT2D eigenvalue weighted by Crippen LogP contribution is 2.41. The van der Waals surface area contributed by atoms with E-state index < -0.39 is 0 Å². The smallest absolute Gasteiger partial charge is 0.110 e. The van der Waals surface area contributed by atoms with Gasteiger partial charge >= 0.3 is 0 Å². The van der Waals surface area contributed by atoms with Crippen molar-refractivity contribution in [1.82, 2.24) is 10.3 Å². The van der Waals surface area contributed by atoms with Crippen LogP contribution in [-0.2, 0) is 11.8 Å². The van der Waals surface area contributed by atoms with Gasteiger partial charge < -0.3 is 5.32 Å². The van der Waals surface area contributed by atoms with Crippen LogP contribution in [0.15, 0.2) is 0 Å². The molecule has 0 bridgehead atoms. The lowest BCUT2D eigenvalue weighted by molar-refractivity contribution is 0.422. The predicted molar refractivity (Wildman–Crippen MR) is 68.1 cm³/mol. The minimum absolute atomic E-state index is 0.306. The maximum Gasteiger partial charge on any atom is 0.110 e. The van der Waals surface area contributed by atoms with E-state index in [4.69, 9.17) is 4.98 Å². The summed E-state index contributed by atoms with van der Waals surface area (Å²) in [6, 6.07) is 0.548. The van der Waals surface area contributed by atoms with Gasteiger partial charge in [0, 0.05) is 10.3 Å². The van der Waals surface area contributed by atoms with E-state index >= 15 is 0 Å². The van der Waals surface area contributed by atoms with Crippen LogP contribution in [0.2, 0.25) is 0 Å². The maximum atomic E-state index is 4.94. The second-order valence-corrected chi connectivity index (χ2v) is 6.83. The molecule has 1 aromatic rings. The summed E-state index contributed by atoms with van der Waals surface area (Å²) in [6.45, 7) is 5.85. The Morgan fingerprint density at radius 3 is 2.94 bits per heavy atom. The van der Waals surface area contributed by atoms with E-state index in [1.54, 1.807) is 4.88 Å². The highest BCUT2D eigenvalue weighted by Gasteiger charge is 2.32. The number of rotatable bonds is 1. The SMILES string of the molecule is CC1(C)CCCc2sc(C3CCCN3)nc21. The molecule has 3 rings (SSSR count). The molecular formula is C13H20N2S. The highest BCUT2D eigenvalue weighted by molar-refractivity contribution is 7.11. The molecule has 16 heavy (non-hydrogen) atoms. The van der Waals surface area contributed by atoms with Crippen LogP contribution >= 0.6 is 11.3 Å². The summed E-state index contributed by atoms with van der Waals surface area (Å²) >= 11 is 1.96. The topological polar surface area (TPSA) is 24.9 Å². The minimum atomic E-state index is 0.306. The van der Waals surface area contributed by atoms with Crippen LogP contribution < -0.4 is 5.32 Å². The van der Waals surface area contributed by atoms with Crippen molar-refractivity contribution in [3.8, 4) is 0 Å². The van der Waals surface area contributed by atoms with Gasteiger partial charge in [-0.25, -0.2) is 4.98 Å². The lowest BCUT2D eigenvalue weighted by Gasteiger charge is -2.28. The van der Waals surface area contributed by atoms with Crippen LogP contribution in [0.3, 0.4) is 0 Å². The third-order valence-corrected chi connectivity index (χ3v) is 5.15. The van der Waals surface area contributed by atoms with Crippen molar-refractivity contribution >= 4 is 11.3 Å². The van der Waals surface area contributed by atoms with Gasteiger partial charge in [-0.2, -0.15) is 0 Å². The van der Waals surface area contributed by atoms with Gasteiger partial charge in [0.1, 0.15) is 5.01 Å². The second-order valence-electron chi connectivity index (χ2n) is 5.71. The average molecular weight is 236 g/mol. The molecule has 1 aliphatic carbocycles. The predicted octanol–water partition coefficient (Wildman–Crippen LogP) is 3.18. The summed E-state index contributed by atoms with van der Waals surface area (Å²) in [7, 11) is 0. The van der Waals surface area contributed by atoms with E-state index in [1.807, 2.05) is 11.3 Å². The molecule has 1 atom stereocenters. The zero-order chi connectivity index (χ0) is 11.2. The first-order valence-electron chi connectivity index (χ1n) is 6.40. The molecule has 2 heterocycles. The number of hydrogen-bond acceptors (Lipinski definition) is 3. The van der Waals surface area contributed by atoms with Crippen molar-refractivity contribution in [2.75, 3.05) is 6.54 Å². The molecule has 1 aromatic heterocycles. The third-order valence-electron chi connectivity index (χ3n) is 3.92. The van der Waals surface area contributed by atoms with E-state index in [2.05, 4.69) is 19.2 Å². The van der Waals surface area contributed by atoms with E-state index in [9.17, 15) is 0 Å². The molecular weight excluding hydrogens is 216 g/mol. The Morgan fingerprint density at radius 1 is 1.38 bits per heavy atom. The van der Waals surface area contributed by atoms with Crippen LogP contribution in [0.1, 0.15) is 61.2 Å². The molecule has 0 amide bonds. The van der Waals surface area contributed by atoms with E-state index in [0.717, 1.165) is 6.54 Å². The van der Waals surface area contributed by atoms with Crippen molar-refractivity contribution in [1.29, 1.82) is 0 Å². The zero-order valence-corrected chi connectivity index (χ0v) is 11.0. The molecule has 0 spiro atoms. The molecule has 3 heteroatoms. The fourth-order valence-corrected chi connectivity index (χ4v) is 4.32. The molecule has 1 saturated heterocycles. The Morgan fingerprint density at radius 2 is 2.25 bits per heavy atom. The highest BCUT2D eigenvalue weighted by atomic mass is 32.1. The molecule has 0 saturated carbocycles. The summed E-state index contributed by atoms with van der Waals surface area (Å²) in [5.74, 6) is 0. The van der Waals surface area contributed by atoms with Crippen molar-refractivity contribution in [2.24, 2.45) is 0 Å². The quantitative estimate of drug-likeness (QED) is 0.810. The number of aromatic nitrogens is 1. The Balaban J connectivity index is 1.95. The van der Waals surface area contributed by atoms with Crippen LogP contribution in [-0.4, -0.2) is 11.5 Å². The zero-order valence-electron chi connectivity index (χ0n) is 10.2. The van der Waals surface area contributed by atoms with E-state index in [-0.39, 0.29) is 0 Å². The van der Waals surface area contributed by atoms with Gasteiger partial charge in [0.25, 0.3) is 0 Å². The van der Waals surface area contributed by atoms with Crippen molar-refractivity contribution in [3.05, 3.63) is 15.6 Å². The Bertz CT molecular complexity index is 389. The first-order valence-corrected chi connectivity index (χ1v) is 7.22. The van der Waals surface area contributed by atoms with Crippen LogP contribution in [0.4, 0.5) is 0 Å². The molecule has 2 aliphatic rings. The maximum absolute atomic E-state index is 4.94. The first kappa shape index (κ1) is 10.7. The van der Waals surface area contributed by atoms with Gasteiger partial charge in [-0.1, -0.05) is 13.8 Å². The summed E-state index contributed by atoms with van der Waals surface area (Å²) in [6.07, 6.45) is 6.45. The monoisotopic (exact) mass is 236 g/mol. The van der Waals surface area contributed by atoms with Gasteiger partial charge in [-0.3, -0.25) is 0 Å². The normalized spacial score (nSPS) is 28.0. The van der Waals surface area contributed by atoms with Crippen molar-refractivity contribution in [2.45, 2.75) is 57.4 Å². The summed E-state index contributed by atoms with van der Waals surface area (Å²) in [4.78, 5) is 6.50. The Kier molecular flexibility index (Phi) is 2.55. The lowest BCUT2D eigenvalue weighted by Crippen LogP contribution is -2.23. The molecule has 88 valence electrons. The first-order chi connectivity index (χ1) is 7.67. The van der Waals surface area contributed by atoms with Crippen LogP contribution in [0, 0.1) is 0 Å². The molecule has 1 N–H and O–H groups in total. The number of hydrogen-bond donors (Lipinski definition) is 1. The number of aryl methyl sites for hydroxylation is 1. The number of thiazole rings is 1. The summed E-state index contributed by atoms with van der Waals surface area (Å²) < 4.78 is 0. The molecule has 1 fully saturated rings. The Labute approximate surface area is 101 Å². The van der Waals surface area contributed by atoms with Crippen molar-refractivity contribution < 1.29 is 0 Å². The van der Waals surface area contributed by atoms with Gasteiger partial charge in [-0.15, -0.1) is 11.3 Å². The van der Waals surface area contributed by atoms with E-state index in [0.29, 0.717) is 11.5 Å².